The van der Waals surface area contributed by atoms with Crippen molar-refractivity contribution in [3.05, 3.63) is 68.9 Å². The molecular weight excluding hydrogens is 423 g/mol. The number of carbonyl (C=O) groups excluding carboxylic acids is 2. The van der Waals surface area contributed by atoms with Crippen LogP contribution in [0.5, 0.6) is 0 Å². The average Bonchev–Trinajstić information content (AvgIpc) is 2.63. The second kappa shape index (κ2) is 9.14. The summed E-state index contributed by atoms with van der Waals surface area (Å²) in [5, 5.41) is 2.73. The Kier molecular flexibility index (Phi) is 7.17. The first-order valence-corrected chi connectivity index (χ1v) is 9.19. The van der Waals surface area contributed by atoms with E-state index in [1.807, 2.05) is 24.3 Å². The van der Waals surface area contributed by atoms with Gasteiger partial charge in [-0.1, -0.05) is 45.7 Å². The van der Waals surface area contributed by atoms with Crippen LogP contribution in [0.1, 0.15) is 18.1 Å². The summed E-state index contributed by atoms with van der Waals surface area (Å²) in [6, 6.07) is 11.0. The fraction of sp³-hybridized carbons (Fsp3) is 0.263. The summed E-state index contributed by atoms with van der Waals surface area (Å²) >= 11 is 9.39. The molecular formula is C19H19BrClFN2O2. The number of likely N-dealkylation sites (N-methyl/N-ethyl adjacent to an activating group) is 1. The SMILES string of the molecule is CNC(=O)C(C)N(Cc1ccc(Br)cc1)C(=O)Cc1c(F)cccc1Cl. The first-order valence-electron chi connectivity index (χ1n) is 8.02. The van der Waals surface area contributed by atoms with Gasteiger partial charge in [0.05, 0.1) is 6.42 Å². The zero-order valence-electron chi connectivity index (χ0n) is 14.4. The molecule has 138 valence electrons. The fourth-order valence-electron chi connectivity index (χ4n) is 2.53. The first-order chi connectivity index (χ1) is 12.3. The zero-order chi connectivity index (χ0) is 19.3. The number of hydrogen-bond donors (Lipinski definition) is 1. The number of nitrogens with zero attached hydrogens (tertiary/aromatic N) is 1. The average molecular weight is 442 g/mol. The number of halogens is 3. The predicted molar refractivity (Wildman–Crippen MR) is 103 cm³/mol. The van der Waals surface area contributed by atoms with Crippen molar-refractivity contribution in [1.82, 2.24) is 10.2 Å². The molecule has 7 heteroatoms. The Balaban J connectivity index is 2.28. The minimum absolute atomic E-state index is 0.129. The molecule has 2 amide bonds. The molecule has 2 aromatic rings. The highest BCUT2D eigenvalue weighted by molar-refractivity contribution is 9.10. The standard InChI is InChI=1S/C19H19BrClFN2O2/c1-12(19(26)23-2)24(11-13-6-8-14(20)9-7-13)18(25)10-15-16(21)4-3-5-17(15)22/h3-9,12H,10-11H2,1-2H3,(H,23,26). The lowest BCUT2D eigenvalue weighted by Gasteiger charge is -2.28. The Labute approximate surface area is 165 Å². The molecule has 0 aliphatic heterocycles. The molecule has 2 rings (SSSR count). The van der Waals surface area contributed by atoms with E-state index in [2.05, 4.69) is 21.2 Å². The summed E-state index contributed by atoms with van der Waals surface area (Å²) in [4.78, 5) is 26.4. The maximum Gasteiger partial charge on any atom is 0.242 e. The lowest BCUT2D eigenvalue weighted by atomic mass is 10.1. The molecule has 0 heterocycles. The summed E-state index contributed by atoms with van der Waals surface area (Å²) in [5.74, 6) is -1.21. The van der Waals surface area contributed by atoms with Crippen molar-refractivity contribution in [3.63, 3.8) is 0 Å². The van der Waals surface area contributed by atoms with Gasteiger partial charge in [-0.3, -0.25) is 9.59 Å². The van der Waals surface area contributed by atoms with Crippen LogP contribution < -0.4 is 5.32 Å². The number of hydrogen-bond acceptors (Lipinski definition) is 2. The van der Waals surface area contributed by atoms with E-state index < -0.39 is 11.9 Å². The Morgan fingerprint density at radius 3 is 2.46 bits per heavy atom. The third-order valence-corrected chi connectivity index (χ3v) is 4.95. The predicted octanol–water partition coefficient (Wildman–Crippen LogP) is 3.95. The molecule has 1 unspecified atom stereocenters. The Bertz CT molecular complexity index is 778. The summed E-state index contributed by atoms with van der Waals surface area (Å²) in [6.07, 6.45) is -0.219. The van der Waals surface area contributed by atoms with E-state index in [4.69, 9.17) is 11.6 Å². The minimum Gasteiger partial charge on any atom is -0.357 e. The number of nitrogens with one attached hydrogen (secondary N) is 1. The summed E-state index contributed by atoms with van der Waals surface area (Å²) in [5.41, 5.74) is 0.987. The Morgan fingerprint density at radius 1 is 1.23 bits per heavy atom. The van der Waals surface area contributed by atoms with E-state index in [1.54, 1.807) is 6.92 Å². The maximum absolute atomic E-state index is 14.0. The number of rotatable bonds is 6. The van der Waals surface area contributed by atoms with Crippen molar-refractivity contribution in [1.29, 1.82) is 0 Å². The molecule has 4 nitrogen and oxygen atoms in total. The van der Waals surface area contributed by atoms with Gasteiger partial charge >= 0.3 is 0 Å². The lowest BCUT2D eigenvalue weighted by molar-refractivity contribution is -0.139. The molecule has 26 heavy (non-hydrogen) atoms. The van der Waals surface area contributed by atoms with Crippen LogP contribution in [0.15, 0.2) is 46.9 Å². The van der Waals surface area contributed by atoms with E-state index in [-0.39, 0.29) is 35.4 Å². The molecule has 0 aliphatic rings. The van der Waals surface area contributed by atoms with Gasteiger partial charge in [0, 0.05) is 28.7 Å². The maximum atomic E-state index is 14.0. The zero-order valence-corrected chi connectivity index (χ0v) is 16.8. The lowest BCUT2D eigenvalue weighted by Crippen LogP contribution is -2.47. The third kappa shape index (κ3) is 5.05. The molecule has 1 N–H and O–H groups in total. The van der Waals surface area contributed by atoms with Crippen LogP contribution >= 0.6 is 27.5 Å². The van der Waals surface area contributed by atoms with Gasteiger partial charge in [0.2, 0.25) is 11.8 Å². The van der Waals surface area contributed by atoms with Crippen LogP contribution in [0.3, 0.4) is 0 Å². The van der Waals surface area contributed by atoms with Crippen LogP contribution in [0, 0.1) is 5.82 Å². The van der Waals surface area contributed by atoms with Crippen molar-refractivity contribution in [2.75, 3.05) is 7.05 Å². The van der Waals surface area contributed by atoms with Gasteiger partial charge in [-0.2, -0.15) is 0 Å². The van der Waals surface area contributed by atoms with E-state index >= 15 is 0 Å². The molecule has 0 fully saturated rings. The smallest absolute Gasteiger partial charge is 0.242 e. The topological polar surface area (TPSA) is 49.4 Å². The molecule has 0 saturated heterocycles. The largest absolute Gasteiger partial charge is 0.357 e. The van der Waals surface area contributed by atoms with Gasteiger partial charge in [-0.05, 0) is 36.8 Å². The van der Waals surface area contributed by atoms with Crippen LogP contribution in [0.25, 0.3) is 0 Å². The molecule has 0 radical (unpaired) electrons. The molecule has 0 bridgehead atoms. The second-order valence-electron chi connectivity index (χ2n) is 5.82. The van der Waals surface area contributed by atoms with Gasteiger partial charge in [0.1, 0.15) is 11.9 Å². The van der Waals surface area contributed by atoms with Crippen molar-refractivity contribution in [3.8, 4) is 0 Å². The fourth-order valence-corrected chi connectivity index (χ4v) is 3.03. The molecule has 0 aromatic heterocycles. The van der Waals surface area contributed by atoms with E-state index in [0.29, 0.717) is 0 Å². The Hall–Kier alpha value is -1.92. The van der Waals surface area contributed by atoms with Gasteiger partial charge in [-0.15, -0.1) is 0 Å². The van der Waals surface area contributed by atoms with Gasteiger partial charge in [0.15, 0.2) is 0 Å². The van der Waals surface area contributed by atoms with Crippen LogP contribution in [0.2, 0.25) is 5.02 Å². The molecule has 0 spiro atoms. The van der Waals surface area contributed by atoms with Crippen LogP contribution in [0.4, 0.5) is 4.39 Å². The summed E-state index contributed by atoms with van der Waals surface area (Å²) in [7, 11) is 1.51. The minimum atomic E-state index is -0.707. The summed E-state index contributed by atoms with van der Waals surface area (Å²) < 4.78 is 14.9. The number of benzene rings is 2. The van der Waals surface area contributed by atoms with Gasteiger partial charge in [0.25, 0.3) is 0 Å². The van der Waals surface area contributed by atoms with Crippen molar-refractivity contribution in [2.24, 2.45) is 0 Å². The highest BCUT2D eigenvalue weighted by Crippen LogP contribution is 2.21. The highest BCUT2D eigenvalue weighted by atomic mass is 79.9. The molecule has 2 aromatic carbocycles. The molecule has 0 aliphatic carbocycles. The van der Waals surface area contributed by atoms with Gasteiger partial charge < -0.3 is 10.2 Å². The van der Waals surface area contributed by atoms with Crippen LogP contribution in [-0.4, -0.2) is 29.8 Å². The highest BCUT2D eigenvalue weighted by Gasteiger charge is 2.26. The first kappa shape index (κ1) is 20.4. The van der Waals surface area contributed by atoms with Crippen molar-refractivity contribution < 1.29 is 14.0 Å². The molecule has 1 atom stereocenters. The van der Waals surface area contributed by atoms with E-state index in [0.717, 1.165) is 10.0 Å². The monoisotopic (exact) mass is 440 g/mol. The van der Waals surface area contributed by atoms with Crippen molar-refractivity contribution >= 4 is 39.3 Å². The van der Waals surface area contributed by atoms with Crippen LogP contribution in [-0.2, 0) is 22.6 Å². The number of carbonyl (C=O) groups is 2. The van der Waals surface area contributed by atoms with Gasteiger partial charge in [-0.25, -0.2) is 4.39 Å². The third-order valence-electron chi connectivity index (χ3n) is 4.07. The molecule has 0 saturated carbocycles. The second-order valence-corrected chi connectivity index (χ2v) is 7.14. The Morgan fingerprint density at radius 2 is 1.88 bits per heavy atom. The van der Waals surface area contributed by atoms with E-state index in [9.17, 15) is 14.0 Å². The normalized spacial score (nSPS) is 11.7. The van der Waals surface area contributed by atoms with Crippen molar-refractivity contribution in [2.45, 2.75) is 25.9 Å². The number of amides is 2. The van der Waals surface area contributed by atoms with E-state index in [1.165, 1.54) is 30.1 Å². The summed E-state index contributed by atoms with van der Waals surface area (Å²) in [6.45, 7) is 1.87. The quantitative estimate of drug-likeness (QED) is 0.738.